The molecule has 0 radical (unpaired) electrons. The van der Waals surface area contributed by atoms with E-state index in [2.05, 4.69) is 33.5 Å². The van der Waals surface area contributed by atoms with Crippen LogP contribution < -0.4 is 15.4 Å². The van der Waals surface area contributed by atoms with Crippen LogP contribution in [-0.4, -0.2) is 24.6 Å². The summed E-state index contributed by atoms with van der Waals surface area (Å²) in [5, 5.41) is 6.13. The number of rotatable bonds is 6. The van der Waals surface area contributed by atoms with Gasteiger partial charge in [-0.1, -0.05) is 22.9 Å². The van der Waals surface area contributed by atoms with Gasteiger partial charge in [0.05, 0.1) is 0 Å². The zero-order valence-electron chi connectivity index (χ0n) is 12.5. The molecule has 2 N–H and O–H groups in total. The number of hydrogen-bond donors (Lipinski definition) is 2. The molecule has 0 saturated carbocycles. The lowest BCUT2D eigenvalue weighted by Crippen LogP contribution is -2.43. The minimum absolute atomic E-state index is 0.0258. The highest BCUT2D eigenvalue weighted by Gasteiger charge is 2.14. The van der Waals surface area contributed by atoms with E-state index in [0.29, 0.717) is 6.54 Å². The van der Waals surface area contributed by atoms with Crippen molar-refractivity contribution in [3.63, 3.8) is 0 Å². The van der Waals surface area contributed by atoms with Crippen LogP contribution in [0.1, 0.15) is 33.3 Å². The Bertz CT molecular complexity index is 456. The smallest absolute Gasteiger partial charge is 0.258 e. The van der Waals surface area contributed by atoms with Crippen LogP contribution in [0.15, 0.2) is 22.7 Å². The van der Waals surface area contributed by atoms with E-state index in [-0.39, 0.29) is 18.1 Å². The zero-order chi connectivity index (χ0) is 15.2. The van der Waals surface area contributed by atoms with Gasteiger partial charge < -0.3 is 15.4 Å². The van der Waals surface area contributed by atoms with Crippen molar-refractivity contribution in [2.24, 2.45) is 0 Å². The highest BCUT2D eigenvalue weighted by Crippen LogP contribution is 2.23. The monoisotopic (exact) mass is 342 g/mol. The first-order chi connectivity index (χ1) is 9.31. The van der Waals surface area contributed by atoms with Gasteiger partial charge in [0.25, 0.3) is 5.91 Å². The Balaban J connectivity index is 2.65. The van der Waals surface area contributed by atoms with Crippen molar-refractivity contribution in [3.8, 4) is 5.75 Å². The fraction of sp³-hybridized carbons (Fsp3) is 0.533. The van der Waals surface area contributed by atoms with Crippen LogP contribution in [0.4, 0.5) is 0 Å². The standard InChI is InChI=1S/C15H23BrN2O2/c1-5-17-9-11-8-12(16)6-7-13(11)20-10-14(19)18-15(2,3)4/h6-8,17H,5,9-10H2,1-4H3,(H,18,19). The molecule has 0 aliphatic heterocycles. The molecule has 0 aliphatic rings. The Morgan fingerprint density at radius 3 is 2.65 bits per heavy atom. The number of amides is 1. The van der Waals surface area contributed by atoms with Gasteiger partial charge in [0.1, 0.15) is 5.75 Å². The molecule has 4 nitrogen and oxygen atoms in total. The van der Waals surface area contributed by atoms with Gasteiger partial charge in [-0.15, -0.1) is 0 Å². The minimum atomic E-state index is -0.243. The Morgan fingerprint density at radius 1 is 1.35 bits per heavy atom. The van der Waals surface area contributed by atoms with Crippen molar-refractivity contribution in [2.75, 3.05) is 13.2 Å². The van der Waals surface area contributed by atoms with E-state index in [1.807, 2.05) is 39.0 Å². The summed E-state index contributed by atoms with van der Waals surface area (Å²) in [5.74, 6) is 0.619. The molecule has 0 saturated heterocycles. The van der Waals surface area contributed by atoms with Crippen molar-refractivity contribution < 1.29 is 9.53 Å². The first-order valence-corrected chi connectivity index (χ1v) is 7.54. The minimum Gasteiger partial charge on any atom is -0.483 e. The molecule has 20 heavy (non-hydrogen) atoms. The average molecular weight is 343 g/mol. The van der Waals surface area contributed by atoms with Gasteiger partial charge in [0.15, 0.2) is 6.61 Å². The third-order valence-electron chi connectivity index (χ3n) is 2.46. The summed E-state index contributed by atoms with van der Waals surface area (Å²) in [7, 11) is 0. The van der Waals surface area contributed by atoms with Crippen molar-refractivity contribution in [3.05, 3.63) is 28.2 Å². The molecule has 1 amide bonds. The van der Waals surface area contributed by atoms with Gasteiger partial charge in [-0.3, -0.25) is 4.79 Å². The number of hydrogen-bond acceptors (Lipinski definition) is 3. The molecular formula is C15H23BrN2O2. The van der Waals surface area contributed by atoms with Gasteiger partial charge in [0.2, 0.25) is 0 Å². The summed E-state index contributed by atoms with van der Waals surface area (Å²) in [5.41, 5.74) is 0.789. The molecule has 0 heterocycles. The normalized spacial score (nSPS) is 11.2. The van der Waals surface area contributed by atoms with Gasteiger partial charge in [-0.25, -0.2) is 0 Å². The summed E-state index contributed by atoms with van der Waals surface area (Å²) in [6, 6.07) is 5.78. The second kappa shape index (κ2) is 7.64. The van der Waals surface area contributed by atoms with Crippen molar-refractivity contribution in [1.29, 1.82) is 0 Å². The third-order valence-corrected chi connectivity index (χ3v) is 2.95. The fourth-order valence-corrected chi connectivity index (χ4v) is 2.09. The topological polar surface area (TPSA) is 50.4 Å². The van der Waals surface area contributed by atoms with Crippen LogP contribution in [-0.2, 0) is 11.3 Å². The number of benzene rings is 1. The summed E-state index contributed by atoms with van der Waals surface area (Å²) < 4.78 is 6.62. The molecule has 0 aliphatic carbocycles. The quantitative estimate of drug-likeness (QED) is 0.835. The zero-order valence-corrected chi connectivity index (χ0v) is 14.1. The highest BCUT2D eigenvalue weighted by molar-refractivity contribution is 9.10. The second-order valence-corrected chi connectivity index (χ2v) is 6.53. The molecule has 0 bridgehead atoms. The molecular weight excluding hydrogens is 320 g/mol. The van der Waals surface area contributed by atoms with Crippen LogP contribution >= 0.6 is 15.9 Å². The van der Waals surface area contributed by atoms with E-state index in [1.54, 1.807) is 0 Å². The summed E-state index contributed by atoms with van der Waals surface area (Å²) in [6.45, 7) is 9.51. The molecule has 0 fully saturated rings. The molecule has 0 atom stereocenters. The summed E-state index contributed by atoms with van der Waals surface area (Å²) >= 11 is 3.45. The van der Waals surface area contributed by atoms with Gasteiger partial charge in [-0.05, 0) is 45.5 Å². The van der Waals surface area contributed by atoms with Gasteiger partial charge in [-0.2, -0.15) is 0 Å². The van der Waals surface area contributed by atoms with Crippen LogP contribution in [0.2, 0.25) is 0 Å². The fourth-order valence-electron chi connectivity index (χ4n) is 1.68. The van der Waals surface area contributed by atoms with Gasteiger partial charge in [0, 0.05) is 22.1 Å². The maximum absolute atomic E-state index is 11.8. The van der Waals surface area contributed by atoms with Crippen molar-refractivity contribution in [1.82, 2.24) is 10.6 Å². The molecule has 1 aromatic carbocycles. The SMILES string of the molecule is CCNCc1cc(Br)ccc1OCC(=O)NC(C)(C)C. The largest absolute Gasteiger partial charge is 0.483 e. The predicted octanol–water partition coefficient (Wildman–Crippen LogP) is 2.85. The summed E-state index contributed by atoms with van der Waals surface area (Å²) in [6.07, 6.45) is 0. The second-order valence-electron chi connectivity index (χ2n) is 5.62. The van der Waals surface area contributed by atoms with Gasteiger partial charge >= 0.3 is 0 Å². The Morgan fingerprint density at radius 2 is 2.05 bits per heavy atom. The van der Waals surface area contributed by atoms with Crippen LogP contribution in [0.5, 0.6) is 5.75 Å². The number of ether oxygens (including phenoxy) is 1. The molecule has 0 spiro atoms. The predicted molar refractivity (Wildman–Crippen MR) is 84.9 cm³/mol. The molecule has 1 aromatic rings. The Labute approximate surface area is 129 Å². The third kappa shape index (κ3) is 6.39. The molecule has 1 rings (SSSR count). The maximum atomic E-state index is 11.8. The number of nitrogens with one attached hydrogen (secondary N) is 2. The molecule has 0 unspecified atom stereocenters. The van der Waals surface area contributed by atoms with Crippen LogP contribution in [0.3, 0.4) is 0 Å². The lowest BCUT2D eigenvalue weighted by atomic mass is 10.1. The van der Waals surface area contributed by atoms with E-state index in [1.165, 1.54) is 0 Å². The number of carbonyl (C=O) groups excluding carboxylic acids is 1. The number of halogens is 1. The first-order valence-electron chi connectivity index (χ1n) is 6.75. The van der Waals surface area contributed by atoms with E-state index >= 15 is 0 Å². The first kappa shape index (κ1) is 17.0. The van der Waals surface area contributed by atoms with Crippen LogP contribution in [0.25, 0.3) is 0 Å². The highest BCUT2D eigenvalue weighted by atomic mass is 79.9. The van der Waals surface area contributed by atoms with E-state index < -0.39 is 0 Å². The molecule has 112 valence electrons. The van der Waals surface area contributed by atoms with E-state index in [4.69, 9.17) is 4.74 Å². The number of carbonyl (C=O) groups is 1. The molecule has 5 heteroatoms. The van der Waals surface area contributed by atoms with Crippen molar-refractivity contribution >= 4 is 21.8 Å². The van der Waals surface area contributed by atoms with E-state index in [0.717, 1.165) is 22.3 Å². The maximum Gasteiger partial charge on any atom is 0.258 e. The van der Waals surface area contributed by atoms with E-state index in [9.17, 15) is 4.79 Å². The lowest BCUT2D eigenvalue weighted by molar-refractivity contribution is -0.124. The van der Waals surface area contributed by atoms with Crippen LogP contribution in [0, 0.1) is 0 Å². The lowest BCUT2D eigenvalue weighted by Gasteiger charge is -2.21. The van der Waals surface area contributed by atoms with Crippen molar-refractivity contribution in [2.45, 2.75) is 39.8 Å². The average Bonchev–Trinajstić information content (AvgIpc) is 2.33. The Kier molecular flexibility index (Phi) is 6.49. The molecule has 0 aromatic heterocycles. The summed E-state index contributed by atoms with van der Waals surface area (Å²) in [4.78, 5) is 11.8. The Hall–Kier alpha value is -1.07.